The lowest BCUT2D eigenvalue weighted by Crippen LogP contribution is -2.30. The van der Waals surface area contributed by atoms with E-state index in [-0.39, 0.29) is 29.4 Å². The lowest BCUT2D eigenvalue weighted by Gasteiger charge is -2.19. The van der Waals surface area contributed by atoms with Crippen LogP contribution in [0.25, 0.3) is 11.0 Å². The standard InChI is InChI=1S/C19H24N4O4/c1-11(2)23-16(20)14(18(25)21-4)15(24)13-7-6-12(22-17(13)23)8-9-19(3,26)10-27-5/h6-7,11,26H,10,20H2,1-5H3,(H,21,25). The van der Waals surface area contributed by atoms with Crippen LogP contribution in [0.15, 0.2) is 16.9 Å². The van der Waals surface area contributed by atoms with E-state index in [0.717, 1.165) is 0 Å². The smallest absolute Gasteiger partial charge is 0.258 e. The predicted molar refractivity (Wildman–Crippen MR) is 104 cm³/mol. The minimum atomic E-state index is -1.33. The Kier molecular flexibility index (Phi) is 5.88. The predicted octanol–water partition coefficient (Wildman–Crippen LogP) is 0.668. The molecule has 2 rings (SSSR count). The summed E-state index contributed by atoms with van der Waals surface area (Å²) in [7, 11) is 2.91. The van der Waals surface area contributed by atoms with E-state index in [2.05, 4.69) is 22.1 Å². The molecule has 0 spiro atoms. The van der Waals surface area contributed by atoms with Crippen molar-refractivity contribution in [1.29, 1.82) is 0 Å². The van der Waals surface area contributed by atoms with Crippen molar-refractivity contribution in [2.75, 3.05) is 26.5 Å². The van der Waals surface area contributed by atoms with Gasteiger partial charge in [0, 0.05) is 20.2 Å². The average molecular weight is 372 g/mol. The van der Waals surface area contributed by atoms with Gasteiger partial charge in [-0.05, 0) is 38.8 Å². The van der Waals surface area contributed by atoms with Crippen molar-refractivity contribution in [2.45, 2.75) is 32.4 Å². The Morgan fingerprint density at radius 3 is 2.70 bits per heavy atom. The van der Waals surface area contributed by atoms with Crippen molar-refractivity contribution in [2.24, 2.45) is 0 Å². The monoisotopic (exact) mass is 372 g/mol. The number of nitrogens with zero attached hydrogens (tertiary/aromatic N) is 2. The molecule has 0 aliphatic carbocycles. The molecule has 0 bridgehead atoms. The molecule has 0 aliphatic heterocycles. The zero-order valence-electron chi connectivity index (χ0n) is 16.1. The lowest BCUT2D eigenvalue weighted by molar-refractivity contribution is 0.0274. The topological polar surface area (TPSA) is 119 Å². The first-order valence-electron chi connectivity index (χ1n) is 8.44. The average Bonchev–Trinajstić information content (AvgIpc) is 2.59. The van der Waals surface area contributed by atoms with E-state index >= 15 is 0 Å². The molecule has 0 saturated heterocycles. The molecule has 8 nitrogen and oxygen atoms in total. The van der Waals surface area contributed by atoms with Gasteiger partial charge in [0.1, 0.15) is 28.3 Å². The van der Waals surface area contributed by atoms with Crippen LogP contribution in [0, 0.1) is 11.8 Å². The van der Waals surface area contributed by atoms with Crippen LogP contribution in [-0.2, 0) is 4.74 Å². The highest BCUT2D eigenvalue weighted by molar-refractivity contribution is 6.01. The molecule has 1 unspecified atom stereocenters. The van der Waals surface area contributed by atoms with Gasteiger partial charge in [-0.2, -0.15) is 0 Å². The number of carbonyl (C=O) groups excluding carboxylic acids is 1. The number of nitrogens with one attached hydrogen (secondary N) is 1. The molecular formula is C19H24N4O4. The van der Waals surface area contributed by atoms with Gasteiger partial charge in [-0.3, -0.25) is 9.59 Å². The second kappa shape index (κ2) is 7.78. The van der Waals surface area contributed by atoms with Gasteiger partial charge in [-0.25, -0.2) is 4.98 Å². The Bertz CT molecular complexity index is 997. The summed E-state index contributed by atoms with van der Waals surface area (Å²) in [5.41, 5.74) is 4.90. The molecule has 4 N–H and O–H groups in total. The summed E-state index contributed by atoms with van der Waals surface area (Å²) in [4.78, 5) is 29.3. The van der Waals surface area contributed by atoms with Crippen molar-refractivity contribution in [3.63, 3.8) is 0 Å². The van der Waals surface area contributed by atoms with Crippen LogP contribution in [0.4, 0.5) is 5.82 Å². The first kappa shape index (κ1) is 20.4. The summed E-state index contributed by atoms with van der Waals surface area (Å²) in [5.74, 6) is 4.98. The maximum atomic E-state index is 12.8. The van der Waals surface area contributed by atoms with Gasteiger partial charge in [0.05, 0.1) is 12.0 Å². The first-order valence-corrected chi connectivity index (χ1v) is 8.44. The van der Waals surface area contributed by atoms with Crippen molar-refractivity contribution < 1.29 is 14.6 Å². The van der Waals surface area contributed by atoms with E-state index in [4.69, 9.17) is 10.5 Å². The summed E-state index contributed by atoms with van der Waals surface area (Å²) >= 11 is 0. The van der Waals surface area contributed by atoms with Gasteiger partial charge in [0.25, 0.3) is 5.91 Å². The number of nitrogen functional groups attached to an aromatic ring is 1. The maximum Gasteiger partial charge on any atom is 0.258 e. The lowest BCUT2D eigenvalue weighted by atomic mass is 10.1. The minimum Gasteiger partial charge on any atom is -0.384 e. The van der Waals surface area contributed by atoms with Gasteiger partial charge in [-0.15, -0.1) is 0 Å². The number of anilines is 1. The number of ether oxygens (including phenoxy) is 1. The van der Waals surface area contributed by atoms with Crippen LogP contribution in [0.1, 0.15) is 42.9 Å². The number of fused-ring (bicyclic) bond motifs is 1. The number of pyridine rings is 2. The van der Waals surface area contributed by atoms with E-state index in [9.17, 15) is 14.7 Å². The van der Waals surface area contributed by atoms with E-state index < -0.39 is 16.9 Å². The quantitative estimate of drug-likeness (QED) is 0.679. The molecule has 1 atom stereocenters. The van der Waals surface area contributed by atoms with Crippen molar-refractivity contribution in [3.8, 4) is 11.8 Å². The third kappa shape index (κ3) is 4.10. The summed E-state index contributed by atoms with van der Waals surface area (Å²) in [6.07, 6.45) is 0. The molecule has 0 fully saturated rings. The fraction of sp³-hybridized carbons (Fsp3) is 0.421. The molecular weight excluding hydrogens is 348 g/mol. The first-order chi connectivity index (χ1) is 12.6. The number of methoxy groups -OCH3 is 1. The zero-order valence-corrected chi connectivity index (χ0v) is 16.1. The number of nitrogens with two attached hydrogens (primary N) is 1. The van der Waals surface area contributed by atoms with Crippen LogP contribution < -0.4 is 16.5 Å². The molecule has 2 heterocycles. The van der Waals surface area contributed by atoms with Crippen LogP contribution in [0.2, 0.25) is 0 Å². The number of hydrogen-bond acceptors (Lipinski definition) is 6. The fourth-order valence-electron chi connectivity index (χ4n) is 2.75. The summed E-state index contributed by atoms with van der Waals surface area (Å²) in [6.45, 7) is 5.32. The van der Waals surface area contributed by atoms with Gasteiger partial charge >= 0.3 is 0 Å². The molecule has 27 heavy (non-hydrogen) atoms. The Morgan fingerprint density at radius 1 is 1.48 bits per heavy atom. The van der Waals surface area contributed by atoms with Crippen molar-refractivity contribution in [1.82, 2.24) is 14.9 Å². The molecule has 8 heteroatoms. The number of aliphatic hydroxyl groups is 1. The SMILES string of the molecule is CNC(=O)c1c(N)n(C(C)C)c2nc(C#CC(C)(O)COC)ccc2c1=O. The number of hydrogen-bond donors (Lipinski definition) is 3. The molecule has 1 amide bonds. The third-order valence-electron chi connectivity index (χ3n) is 3.95. The molecule has 0 saturated carbocycles. The molecule has 2 aromatic heterocycles. The Morgan fingerprint density at radius 2 is 2.15 bits per heavy atom. The third-order valence-corrected chi connectivity index (χ3v) is 3.95. The van der Waals surface area contributed by atoms with Gasteiger partial charge in [0.2, 0.25) is 5.43 Å². The summed E-state index contributed by atoms with van der Waals surface area (Å²) < 4.78 is 6.55. The summed E-state index contributed by atoms with van der Waals surface area (Å²) in [5, 5.41) is 12.8. The Balaban J connectivity index is 2.76. The highest BCUT2D eigenvalue weighted by Gasteiger charge is 2.22. The Labute approximate surface area is 157 Å². The van der Waals surface area contributed by atoms with E-state index in [0.29, 0.717) is 11.3 Å². The summed E-state index contributed by atoms with van der Waals surface area (Å²) in [6, 6.07) is 2.97. The normalized spacial score (nSPS) is 13.1. The second-order valence-electron chi connectivity index (χ2n) is 6.66. The number of carbonyl (C=O) groups is 1. The minimum absolute atomic E-state index is 0.0471. The van der Waals surface area contributed by atoms with E-state index in [1.807, 2.05) is 13.8 Å². The Hall–Kier alpha value is -2.89. The van der Waals surface area contributed by atoms with Crippen molar-refractivity contribution in [3.05, 3.63) is 33.6 Å². The fourth-order valence-corrected chi connectivity index (χ4v) is 2.75. The zero-order chi connectivity index (χ0) is 20.4. The van der Waals surface area contributed by atoms with Gasteiger partial charge in [0.15, 0.2) is 0 Å². The molecule has 0 aromatic carbocycles. The van der Waals surface area contributed by atoms with Crippen LogP contribution in [0.5, 0.6) is 0 Å². The molecule has 2 aromatic rings. The van der Waals surface area contributed by atoms with Crippen LogP contribution in [0.3, 0.4) is 0 Å². The highest BCUT2D eigenvalue weighted by Crippen LogP contribution is 2.22. The van der Waals surface area contributed by atoms with Crippen LogP contribution in [-0.4, -0.2) is 46.9 Å². The highest BCUT2D eigenvalue weighted by atomic mass is 16.5. The number of amides is 1. The number of aromatic nitrogens is 2. The molecule has 0 aliphatic rings. The maximum absolute atomic E-state index is 12.8. The van der Waals surface area contributed by atoms with E-state index in [1.165, 1.54) is 21.1 Å². The number of rotatable bonds is 4. The molecule has 144 valence electrons. The van der Waals surface area contributed by atoms with Gasteiger partial charge < -0.3 is 25.5 Å². The largest absolute Gasteiger partial charge is 0.384 e. The second-order valence-corrected chi connectivity index (χ2v) is 6.66. The van der Waals surface area contributed by atoms with Gasteiger partial charge in [-0.1, -0.05) is 5.92 Å². The molecule has 0 radical (unpaired) electrons. The van der Waals surface area contributed by atoms with Crippen molar-refractivity contribution >= 4 is 22.8 Å². The van der Waals surface area contributed by atoms with E-state index in [1.54, 1.807) is 16.7 Å². The van der Waals surface area contributed by atoms with Crippen LogP contribution >= 0.6 is 0 Å².